The van der Waals surface area contributed by atoms with Crippen molar-refractivity contribution in [2.75, 3.05) is 7.05 Å². The Morgan fingerprint density at radius 2 is 1.94 bits per heavy atom. The van der Waals surface area contributed by atoms with E-state index in [2.05, 4.69) is 10.4 Å². The first-order valence-corrected chi connectivity index (χ1v) is 6.47. The van der Waals surface area contributed by atoms with E-state index in [9.17, 15) is 0 Å². The molecule has 2 rings (SSSR count). The minimum absolute atomic E-state index is 0.101. The Morgan fingerprint density at radius 3 is 2.44 bits per heavy atom. The van der Waals surface area contributed by atoms with Crippen molar-refractivity contribution in [3.63, 3.8) is 0 Å². The van der Waals surface area contributed by atoms with Gasteiger partial charge in [-0.3, -0.25) is 4.68 Å². The molecule has 0 aliphatic rings. The van der Waals surface area contributed by atoms with Gasteiger partial charge in [-0.1, -0.05) is 29.3 Å². The highest BCUT2D eigenvalue weighted by molar-refractivity contribution is 6.36. The fourth-order valence-electron chi connectivity index (χ4n) is 1.90. The number of hydrogen-bond donors (Lipinski definition) is 1. The van der Waals surface area contributed by atoms with E-state index in [0.717, 1.165) is 11.3 Å². The summed E-state index contributed by atoms with van der Waals surface area (Å²) in [5.74, 6) is 0. The molecule has 0 aliphatic heterocycles. The van der Waals surface area contributed by atoms with Gasteiger partial charge in [0.2, 0.25) is 0 Å². The van der Waals surface area contributed by atoms with E-state index in [-0.39, 0.29) is 6.04 Å². The van der Waals surface area contributed by atoms with Crippen molar-refractivity contribution >= 4 is 23.2 Å². The van der Waals surface area contributed by atoms with Crippen LogP contribution in [0.2, 0.25) is 10.0 Å². The predicted molar refractivity (Wildman–Crippen MR) is 75.2 cm³/mol. The Balaban J connectivity index is 2.26. The number of rotatable bonds is 4. The summed E-state index contributed by atoms with van der Waals surface area (Å²) in [6.45, 7) is 0. The Hall–Kier alpha value is -1.03. The fourth-order valence-corrected chi connectivity index (χ4v) is 2.46. The summed E-state index contributed by atoms with van der Waals surface area (Å²) < 4.78 is 1.79. The molecule has 2 aromatic rings. The summed E-state index contributed by atoms with van der Waals surface area (Å²) in [5, 5.41) is 9.03. The van der Waals surface area contributed by atoms with Gasteiger partial charge in [0, 0.05) is 23.3 Å². The van der Waals surface area contributed by atoms with E-state index in [1.165, 1.54) is 0 Å². The lowest BCUT2D eigenvalue weighted by atomic mass is 10.0. The van der Waals surface area contributed by atoms with E-state index in [4.69, 9.17) is 23.2 Å². The van der Waals surface area contributed by atoms with Crippen LogP contribution in [0.4, 0.5) is 0 Å². The van der Waals surface area contributed by atoms with Crippen LogP contribution in [0.15, 0.2) is 30.5 Å². The monoisotopic (exact) mass is 283 g/mol. The average Bonchev–Trinajstić information content (AvgIpc) is 2.76. The standard InChI is InChI=1S/C13H15Cl2N3/c1-16-13(12-6-7-18(2)17-12)8-9-10(14)4-3-5-11(9)15/h3-7,13,16H,8H2,1-2H3. The van der Waals surface area contributed by atoms with Crippen molar-refractivity contribution < 1.29 is 0 Å². The number of nitrogens with zero attached hydrogens (tertiary/aromatic N) is 2. The predicted octanol–water partition coefficient (Wildman–Crippen LogP) is 3.23. The number of likely N-dealkylation sites (N-methyl/N-ethyl adjacent to an activating group) is 1. The molecule has 0 saturated heterocycles. The summed E-state index contributed by atoms with van der Waals surface area (Å²) in [7, 11) is 3.81. The third-order valence-corrected chi connectivity index (χ3v) is 3.62. The van der Waals surface area contributed by atoms with Crippen molar-refractivity contribution in [2.24, 2.45) is 7.05 Å². The minimum Gasteiger partial charge on any atom is -0.311 e. The molecule has 0 amide bonds. The lowest BCUT2D eigenvalue weighted by Crippen LogP contribution is -2.20. The Kier molecular flexibility index (Phi) is 4.27. The van der Waals surface area contributed by atoms with E-state index >= 15 is 0 Å². The first-order chi connectivity index (χ1) is 8.61. The number of aryl methyl sites for hydroxylation is 1. The van der Waals surface area contributed by atoms with Crippen LogP contribution in [-0.4, -0.2) is 16.8 Å². The highest BCUT2D eigenvalue weighted by Gasteiger charge is 2.16. The van der Waals surface area contributed by atoms with Crippen LogP contribution in [0, 0.1) is 0 Å². The molecule has 96 valence electrons. The molecule has 0 aliphatic carbocycles. The molecule has 5 heteroatoms. The lowest BCUT2D eigenvalue weighted by Gasteiger charge is -2.15. The van der Waals surface area contributed by atoms with Crippen molar-refractivity contribution in [3.8, 4) is 0 Å². The second-order valence-corrected chi connectivity index (χ2v) is 4.97. The van der Waals surface area contributed by atoms with Gasteiger partial charge in [-0.05, 0) is 37.2 Å². The van der Waals surface area contributed by atoms with Gasteiger partial charge in [0.25, 0.3) is 0 Å². The van der Waals surface area contributed by atoms with Crippen LogP contribution in [0.25, 0.3) is 0 Å². The van der Waals surface area contributed by atoms with E-state index in [1.807, 2.05) is 44.6 Å². The van der Waals surface area contributed by atoms with Gasteiger partial charge in [0.1, 0.15) is 0 Å². The first kappa shape index (κ1) is 13.4. The maximum absolute atomic E-state index is 6.19. The molecule has 0 fully saturated rings. The van der Waals surface area contributed by atoms with Crippen molar-refractivity contribution in [3.05, 3.63) is 51.8 Å². The number of benzene rings is 1. The average molecular weight is 284 g/mol. The zero-order valence-electron chi connectivity index (χ0n) is 10.3. The summed E-state index contributed by atoms with van der Waals surface area (Å²) in [5.41, 5.74) is 1.93. The summed E-state index contributed by atoms with van der Waals surface area (Å²) in [4.78, 5) is 0. The van der Waals surface area contributed by atoms with Crippen molar-refractivity contribution in [2.45, 2.75) is 12.5 Å². The number of aromatic nitrogens is 2. The number of nitrogens with one attached hydrogen (secondary N) is 1. The van der Waals surface area contributed by atoms with E-state index < -0.39 is 0 Å². The van der Waals surface area contributed by atoms with Crippen LogP contribution in [0.1, 0.15) is 17.3 Å². The van der Waals surface area contributed by atoms with Crippen LogP contribution < -0.4 is 5.32 Å². The molecule has 1 N–H and O–H groups in total. The van der Waals surface area contributed by atoms with E-state index in [0.29, 0.717) is 16.5 Å². The quantitative estimate of drug-likeness (QED) is 0.934. The van der Waals surface area contributed by atoms with Crippen LogP contribution >= 0.6 is 23.2 Å². The zero-order valence-corrected chi connectivity index (χ0v) is 11.8. The third kappa shape index (κ3) is 2.86. The molecule has 0 saturated carbocycles. The topological polar surface area (TPSA) is 29.9 Å². The van der Waals surface area contributed by atoms with Crippen LogP contribution in [0.3, 0.4) is 0 Å². The summed E-state index contributed by atoms with van der Waals surface area (Å²) in [6.07, 6.45) is 2.64. The molecule has 1 atom stereocenters. The molecule has 3 nitrogen and oxygen atoms in total. The van der Waals surface area contributed by atoms with Gasteiger partial charge in [-0.25, -0.2) is 0 Å². The normalized spacial score (nSPS) is 12.7. The molecule has 1 unspecified atom stereocenters. The summed E-state index contributed by atoms with van der Waals surface area (Å²) >= 11 is 12.4. The third-order valence-electron chi connectivity index (χ3n) is 2.91. The largest absolute Gasteiger partial charge is 0.311 e. The lowest BCUT2D eigenvalue weighted by molar-refractivity contribution is 0.563. The fraction of sp³-hybridized carbons (Fsp3) is 0.308. The van der Waals surface area contributed by atoms with Gasteiger partial charge in [0.15, 0.2) is 0 Å². The highest BCUT2D eigenvalue weighted by Crippen LogP contribution is 2.28. The second kappa shape index (κ2) is 5.74. The van der Waals surface area contributed by atoms with Crippen molar-refractivity contribution in [1.29, 1.82) is 0 Å². The maximum Gasteiger partial charge on any atom is 0.0797 e. The second-order valence-electron chi connectivity index (χ2n) is 4.16. The van der Waals surface area contributed by atoms with Gasteiger partial charge in [-0.2, -0.15) is 5.10 Å². The molecule has 0 radical (unpaired) electrons. The summed E-state index contributed by atoms with van der Waals surface area (Å²) in [6, 6.07) is 7.65. The smallest absolute Gasteiger partial charge is 0.0797 e. The van der Waals surface area contributed by atoms with Gasteiger partial charge >= 0.3 is 0 Å². The molecule has 0 bridgehead atoms. The Morgan fingerprint density at radius 1 is 1.28 bits per heavy atom. The van der Waals surface area contributed by atoms with Crippen LogP contribution in [-0.2, 0) is 13.5 Å². The maximum atomic E-state index is 6.19. The molecule has 1 aromatic heterocycles. The first-order valence-electron chi connectivity index (χ1n) is 5.71. The molecular weight excluding hydrogens is 269 g/mol. The van der Waals surface area contributed by atoms with Gasteiger partial charge in [0.05, 0.1) is 11.7 Å². The number of hydrogen-bond acceptors (Lipinski definition) is 2. The molecule has 1 heterocycles. The Bertz CT molecular complexity index is 517. The van der Waals surface area contributed by atoms with E-state index in [1.54, 1.807) is 4.68 Å². The number of halogens is 2. The molecular formula is C13H15Cl2N3. The SMILES string of the molecule is CNC(Cc1c(Cl)cccc1Cl)c1ccn(C)n1. The molecule has 1 aromatic carbocycles. The van der Waals surface area contributed by atoms with Gasteiger partial charge < -0.3 is 5.32 Å². The van der Waals surface area contributed by atoms with Gasteiger partial charge in [-0.15, -0.1) is 0 Å². The molecule has 18 heavy (non-hydrogen) atoms. The highest BCUT2D eigenvalue weighted by atomic mass is 35.5. The molecule has 0 spiro atoms. The Labute approximate surface area is 117 Å². The minimum atomic E-state index is 0.101. The van der Waals surface area contributed by atoms with Crippen molar-refractivity contribution in [1.82, 2.24) is 15.1 Å². The zero-order chi connectivity index (χ0) is 13.1. The van der Waals surface area contributed by atoms with Crippen LogP contribution in [0.5, 0.6) is 0 Å².